The van der Waals surface area contributed by atoms with Crippen molar-refractivity contribution in [3.05, 3.63) is 29.6 Å². The molecule has 0 amide bonds. The molecule has 1 N–H and O–H groups in total. The molecule has 0 aliphatic carbocycles. The van der Waals surface area contributed by atoms with Crippen molar-refractivity contribution >= 4 is 0 Å². The van der Waals surface area contributed by atoms with E-state index in [1.807, 2.05) is 19.2 Å². The van der Waals surface area contributed by atoms with E-state index in [1.54, 1.807) is 6.07 Å². The van der Waals surface area contributed by atoms with Gasteiger partial charge in [-0.05, 0) is 43.9 Å². The number of hydrogen-bond donors (Lipinski definition) is 1. The summed E-state index contributed by atoms with van der Waals surface area (Å²) in [5.74, 6) is 0.663. The Bertz CT molecular complexity index is 405. The predicted molar refractivity (Wildman–Crippen MR) is 73.0 cm³/mol. The predicted octanol–water partition coefficient (Wildman–Crippen LogP) is 2.39. The summed E-state index contributed by atoms with van der Waals surface area (Å²) >= 11 is 0. The minimum atomic E-state index is -0.243. The molecular weight excluding hydrogens is 245 g/mol. The number of rotatable bonds is 6. The molecule has 2 atom stereocenters. The summed E-state index contributed by atoms with van der Waals surface area (Å²) in [5.41, 5.74) is 0.706. The summed E-state index contributed by atoms with van der Waals surface area (Å²) in [6, 6.07) is 5.59. The van der Waals surface area contributed by atoms with Crippen LogP contribution in [0, 0.1) is 11.7 Å². The summed E-state index contributed by atoms with van der Waals surface area (Å²) in [4.78, 5) is 0. The highest BCUT2D eigenvalue weighted by atomic mass is 19.1. The Morgan fingerprint density at radius 1 is 1.53 bits per heavy atom. The molecule has 0 radical (unpaired) electrons. The van der Waals surface area contributed by atoms with Crippen LogP contribution >= 0.6 is 0 Å². The van der Waals surface area contributed by atoms with E-state index in [-0.39, 0.29) is 11.9 Å². The fourth-order valence-electron chi connectivity index (χ4n) is 2.61. The van der Waals surface area contributed by atoms with Crippen molar-refractivity contribution in [2.45, 2.75) is 25.3 Å². The maximum absolute atomic E-state index is 14.1. The van der Waals surface area contributed by atoms with Crippen molar-refractivity contribution in [3.63, 3.8) is 0 Å². The van der Waals surface area contributed by atoms with Gasteiger partial charge in [0.2, 0.25) is 0 Å². The van der Waals surface area contributed by atoms with E-state index < -0.39 is 0 Å². The van der Waals surface area contributed by atoms with Gasteiger partial charge in [0.25, 0.3) is 0 Å². The molecule has 0 aromatic heterocycles. The van der Waals surface area contributed by atoms with Crippen LogP contribution in [0.2, 0.25) is 0 Å². The summed E-state index contributed by atoms with van der Waals surface area (Å²) in [5, 5.41) is 3.28. The lowest BCUT2D eigenvalue weighted by Gasteiger charge is -2.20. The lowest BCUT2D eigenvalue weighted by molar-refractivity contribution is 0.181. The number of hydrogen-bond acceptors (Lipinski definition) is 3. The highest BCUT2D eigenvalue weighted by Crippen LogP contribution is 2.24. The van der Waals surface area contributed by atoms with E-state index in [0.717, 1.165) is 26.1 Å². The third-order valence-corrected chi connectivity index (χ3v) is 3.78. The largest absolute Gasteiger partial charge is 0.494 e. The first-order chi connectivity index (χ1) is 9.24. The van der Waals surface area contributed by atoms with Gasteiger partial charge in [0.15, 0.2) is 11.6 Å². The van der Waals surface area contributed by atoms with Gasteiger partial charge in [0.1, 0.15) is 0 Å². The van der Waals surface area contributed by atoms with Gasteiger partial charge in [-0.25, -0.2) is 4.39 Å². The second-order valence-electron chi connectivity index (χ2n) is 5.09. The van der Waals surface area contributed by atoms with Crippen molar-refractivity contribution in [1.82, 2.24) is 5.32 Å². The van der Waals surface area contributed by atoms with Crippen LogP contribution < -0.4 is 10.1 Å². The molecule has 106 valence electrons. The fraction of sp³-hybridized carbons (Fsp3) is 0.600. The zero-order valence-corrected chi connectivity index (χ0v) is 11.6. The van der Waals surface area contributed by atoms with Crippen molar-refractivity contribution in [2.24, 2.45) is 5.92 Å². The van der Waals surface area contributed by atoms with E-state index in [1.165, 1.54) is 7.11 Å². The van der Waals surface area contributed by atoms with E-state index >= 15 is 0 Å². The highest BCUT2D eigenvalue weighted by Gasteiger charge is 2.21. The molecule has 1 aliphatic rings. The molecule has 2 unspecified atom stereocenters. The highest BCUT2D eigenvalue weighted by molar-refractivity contribution is 5.31. The molecule has 1 saturated heterocycles. The van der Waals surface area contributed by atoms with E-state index in [4.69, 9.17) is 9.47 Å². The Hall–Kier alpha value is -1.13. The lowest BCUT2D eigenvalue weighted by Crippen LogP contribution is -2.30. The van der Waals surface area contributed by atoms with Gasteiger partial charge in [0.05, 0.1) is 7.11 Å². The summed E-state index contributed by atoms with van der Waals surface area (Å²) in [6.07, 6.45) is 2.81. The first-order valence-electron chi connectivity index (χ1n) is 6.81. The van der Waals surface area contributed by atoms with Crippen molar-refractivity contribution in [3.8, 4) is 5.75 Å². The van der Waals surface area contributed by atoms with Crippen LogP contribution in [0.5, 0.6) is 5.75 Å². The second-order valence-corrected chi connectivity index (χ2v) is 5.09. The third kappa shape index (κ3) is 3.67. The Labute approximate surface area is 114 Å². The van der Waals surface area contributed by atoms with E-state index in [9.17, 15) is 4.39 Å². The molecule has 19 heavy (non-hydrogen) atoms. The van der Waals surface area contributed by atoms with Crippen LogP contribution in [0.4, 0.5) is 4.39 Å². The third-order valence-electron chi connectivity index (χ3n) is 3.78. The number of methoxy groups -OCH3 is 1. The smallest absolute Gasteiger partial charge is 0.168 e. The van der Waals surface area contributed by atoms with Gasteiger partial charge in [-0.15, -0.1) is 0 Å². The van der Waals surface area contributed by atoms with Crippen LogP contribution in [-0.4, -0.2) is 33.4 Å². The normalized spacial score (nSPS) is 20.5. The minimum Gasteiger partial charge on any atom is -0.494 e. The first kappa shape index (κ1) is 14.3. The average molecular weight is 267 g/mol. The molecule has 1 aromatic rings. The van der Waals surface area contributed by atoms with Gasteiger partial charge in [0, 0.05) is 19.3 Å². The van der Waals surface area contributed by atoms with Crippen LogP contribution in [0.15, 0.2) is 18.2 Å². The molecule has 1 fully saturated rings. The molecule has 0 spiro atoms. The van der Waals surface area contributed by atoms with Crippen molar-refractivity contribution in [2.75, 3.05) is 27.4 Å². The zero-order chi connectivity index (χ0) is 13.7. The molecule has 0 saturated carbocycles. The van der Waals surface area contributed by atoms with Crippen LogP contribution in [0.3, 0.4) is 0 Å². The Balaban J connectivity index is 2.01. The topological polar surface area (TPSA) is 30.5 Å². The Morgan fingerprint density at radius 3 is 3.00 bits per heavy atom. The lowest BCUT2D eigenvalue weighted by atomic mass is 9.94. The number of ether oxygens (including phenoxy) is 2. The standard InChI is InChI=1S/C15H22FNO2/c1-17-13(8-11-6-7-19-10-11)9-12-4-3-5-14(18-2)15(12)16/h3-5,11,13,17H,6-10H2,1-2H3. The average Bonchev–Trinajstić information content (AvgIpc) is 2.93. The van der Waals surface area contributed by atoms with Crippen molar-refractivity contribution < 1.29 is 13.9 Å². The number of likely N-dealkylation sites (N-methyl/N-ethyl adjacent to an activating group) is 1. The molecule has 3 nitrogen and oxygen atoms in total. The minimum absolute atomic E-state index is 0.243. The zero-order valence-electron chi connectivity index (χ0n) is 11.6. The van der Waals surface area contributed by atoms with Crippen molar-refractivity contribution in [1.29, 1.82) is 0 Å². The quantitative estimate of drug-likeness (QED) is 0.858. The summed E-state index contributed by atoms with van der Waals surface area (Å²) in [6.45, 7) is 1.69. The Kier molecular flexibility index (Phi) is 5.16. The fourth-order valence-corrected chi connectivity index (χ4v) is 2.61. The molecule has 1 aromatic carbocycles. The van der Waals surface area contributed by atoms with Crippen LogP contribution in [0.25, 0.3) is 0 Å². The van der Waals surface area contributed by atoms with Gasteiger partial charge in [-0.3, -0.25) is 0 Å². The molecule has 4 heteroatoms. The molecule has 1 aliphatic heterocycles. The van der Waals surface area contributed by atoms with Gasteiger partial charge in [-0.2, -0.15) is 0 Å². The number of nitrogens with one attached hydrogen (secondary N) is 1. The number of halogens is 1. The maximum atomic E-state index is 14.1. The summed E-state index contributed by atoms with van der Waals surface area (Å²) < 4.78 is 24.5. The van der Waals surface area contributed by atoms with E-state index in [0.29, 0.717) is 23.7 Å². The van der Waals surface area contributed by atoms with Crippen LogP contribution in [0.1, 0.15) is 18.4 Å². The molecule has 0 bridgehead atoms. The molecular formula is C15H22FNO2. The maximum Gasteiger partial charge on any atom is 0.168 e. The van der Waals surface area contributed by atoms with Gasteiger partial charge >= 0.3 is 0 Å². The van der Waals surface area contributed by atoms with Gasteiger partial charge in [-0.1, -0.05) is 12.1 Å². The van der Waals surface area contributed by atoms with E-state index in [2.05, 4.69) is 5.32 Å². The SMILES string of the molecule is CNC(Cc1cccc(OC)c1F)CC1CCOC1. The number of benzene rings is 1. The molecule has 1 heterocycles. The first-order valence-corrected chi connectivity index (χ1v) is 6.81. The Morgan fingerprint density at radius 2 is 2.37 bits per heavy atom. The monoisotopic (exact) mass is 267 g/mol. The van der Waals surface area contributed by atoms with Crippen LogP contribution in [-0.2, 0) is 11.2 Å². The van der Waals surface area contributed by atoms with Gasteiger partial charge < -0.3 is 14.8 Å². The second kappa shape index (κ2) is 6.87. The molecule has 2 rings (SSSR count). The summed E-state index contributed by atoms with van der Waals surface area (Å²) in [7, 11) is 3.42.